The fraction of sp³-hybridized carbons (Fsp3) is 0.182. The molecule has 1 aliphatic rings. The molecule has 0 N–H and O–H groups in total. The average molecular weight is 379 g/mol. The van der Waals surface area contributed by atoms with Crippen LogP contribution in [0.4, 0.5) is 0 Å². The lowest BCUT2D eigenvalue weighted by Crippen LogP contribution is -2.39. The minimum atomic E-state index is -0.449. The Morgan fingerprint density at radius 2 is 1.42 bits per heavy atom. The first kappa shape index (κ1) is 15.5. The topological polar surface area (TPSA) is 9.23 Å². The second-order valence-electron chi connectivity index (χ2n) is 6.42. The molecule has 3 aromatic carbocycles. The summed E-state index contributed by atoms with van der Waals surface area (Å²) in [4.78, 5) is 0. The van der Waals surface area contributed by atoms with Crippen molar-refractivity contribution in [3.8, 4) is 5.75 Å². The smallest absolute Gasteiger partial charge is 0.160 e. The molecule has 120 valence electrons. The van der Waals surface area contributed by atoms with Gasteiger partial charge in [0.2, 0.25) is 0 Å². The van der Waals surface area contributed by atoms with E-state index < -0.39 is 5.60 Å². The summed E-state index contributed by atoms with van der Waals surface area (Å²) in [6.45, 7) is 2.28. The van der Waals surface area contributed by atoms with Crippen LogP contribution in [0.5, 0.6) is 5.75 Å². The molecule has 0 aromatic heterocycles. The molecule has 1 nitrogen and oxygen atoms in total. The molecule has 0 aliphatic carbocycles. The van der Waals surface area contributed by atoms with Crippen LogP contribution < -0.4 is 4.74 Å². The van der Waals surface area contributed by atoms with Crippen LogP contribution in [0, 0.1) is 0 Å². The summed E-state index contributed by atoms with van der Waals surface area (Å²) in [7, 11) is 0. The molecule has 0 fully saturated rings. The Morgan fingerprint density at radius 3 is 2.00 bits per heavy atom. The number of fused-ring (bicyclic) bond motifs is 1. The van der Waals surface area contributed by atoms with Gasteiger partial charge in [0.1, 0.15) is 5.75 Å². The zero-order valence-electron chi connectivity index (χ0n) is 13.6. The molecule has 1 unspecified atom stereocenters. The number of benzene rings is 3. The van der Waals surface area contributed by atoms with Crippen LogP contribution in [0.15, 0.2) is 83.3 Å². The van der Waals surface area contributed by atoms with Crippen LogP contribution in [0.2, 0.25) is 0 Å². The van der Waals surface area contributed by atoms with Crippen LogP contribution in [0.3, 0.4) is 0 Å². The van der Waals surface area contributed by atoms with Crippen LogP contribution >= 0.6 is 15.9 Å². The molecule has 4 rings (SSSR count). The van der Waals surface area contributed by atoms with Gasteiger partial charge in [0.05, 0.1) is 0 Å². The molecule has 3 aromatic rings. The lowest BCUT2D eigenvalue weighted by atomic mass is 9.75. The zero-order valence-corrected chi connectivity index (χ0v) is 15.2. The fourth-order valence-corrected chi connectivity index (χ4v) is 4.52. The highest BCUT2D eigenvalue weighted by atomic mass is 79.9. The predicted molar refractivity (Wildman–Crippen MR) is 101 cm³/mol. The normalized spacial score (nSPS) is 18.5. The van der Waals surface area contributed by atoms with Gasteiger partial charge in [-0.25, -0.2) is 0 Å². The maximum atomic E-state index is 6.71. The van der Waals surface area contributed by atoms with Crippen molar-refractivity contribution in [1.29, 1.82) is 0 Å². The number of hydrogen-bond acceptors (Lipinski definition) is 1. The molecule has 0 bridgehead atoms. The van der Waals surface area contributed by atoms with Gasteiger partial charge in [0.25, 0.3) is 0 Å². The number of rotatable bonds is 2. The maximum Gasteiger partial charge on any atom is 0.160 e. The highest BCUT2D eigenvalue weighted by Gasteiger charge is 2.43. The highest BCUT2D eigenvalue weighted by molar-refractivity contribution is 9.10. The van der Waals surface area contributed by atoms with E-state index in [2.05, 4.69) is 95.7 Å². The Bertz CT molecular complexity index is 803. The van der Waals surface area contributed by atoms with E-state index in [9.17, 15) is 0 Å². The third-order valence-electron chi connectivity index (χ3n) is 4.86. The monoisotopic (exact) mass is 378 g/mol. The minimum Gasteiger partial charge on any atom is -0.477 e. The first-order chi connectivity index (χ1) is 11.7. The Kier molecular flexibility index (Phi) is 3.93. The highest BCUT2D eigenvalue weighted by Crippen LogP contribution is 2.50. The summed E-state index contributed by atoms with van der Waals surface area (Å²) in [5.41, 5.74) is 3.22. The molecule has 2 heteroatoms. The van der Waals surface area contributed by atoms with E-state index in [0.29, 0.717) is 5.92 Å². The first-order valence-corrected chi connectivity index (χ1v) is 9.08. The van der Waals surface area contributed by atoms with Crippen molar-refractivity contribution in [2.75, 3.05) is 0 Å². The molecule has 24 heavy (non-hydrogen) atoms. The van der Waals surface area contributed by atoms with Gasteiger partial charge in [0, 0.05) is 16.5 Å². The Labute approximate surface area is 151 Å². The van der Waals surface area contributed by atoms with E-state index in [4.69, 9.17) is 4.74 Å². The van der Waals surface area contributed by atoms with Crippen LogP contribution in [0.25, 0.3) is 0 Å². The van der Waals surface area contributed by atoms with Gasteiger partial charge in [-0.15, -0.1) is 0 Å². The SMILES string of the molecule is CC1CC(c2ccccc2)(c2ccccc2)Oc2cccc(Br)c21. The number of hydrogen-bond donors (Lipinski definition) is 0. The Morgan fingerprint density at radius 1 is 0.833 bits per heavy atom. The lowest BCUT2D eigenvalue weighted by molar-refractivity contribution is 0.0744. The molecule has 1 aliphatic heterocycles. The predicted octanol–water partition coefficient (Wildman–Crippen LogP) is 6.28. The van der Waals surface area contributed by atoms with E-state index in [-0.39, 0.29) is 0 Å². The molecular weight excluding hydrogens is 360 g/mol. The number of halogens is 1. The van der Waals surface area contributed by atoms with Crippen molar-refractivity contribution in [3.05, 3.63) is 100 Å². The van der Waals surface area contributed by atoms with E-state index >= 15 is 0 Å². The van der Waals surface area contributed by atoms with Crippen LogP contribution in [-0.2, 0) is 5.60 Å². The molecule has 1 heterocycles. The van der Waals surface area contributed by atoms with Crippen molar-refractivity contribution in [3.63, 3.8) is 0 Å². The second-order valence-corrected chi connectivity index (χ2v) is 7.27. The Balaban J connectivity index is 1.93. The van der Waals surface area contributed by atoms with Crippen LogP contribution in [0.1, 0.15) is 36.0 Å². The third-order valence-corrected chi connectivity index (χ3v) is 5.56. The van der Waals surface area contributed by atoms with Gasteiger partial charge in [0.15, 0.2) is 5.60 Å². The average Bonchev–Trinajstić information content (AvgIpc) is 2.63. The van der Waals surface area contributed by atoms with Gasteiger partial charge in [-0.05, 0) is 29.2 Å². The van der Waals surface area contributed by atoms with Crippen molar-refractivity contribution in [1.82, 2.24) is 0 Å². The molecule has 0 spiro atoms. The van der Waals surface area contributed by atoms with Gasteiger partial charge in [-0.3, -0.25) is 0 Å². The van der Waals surface area contributed by atoms with Crippen molar-refractivity contribution in [2.24, 2.45) is 0 Å². The van der Waals surface area contributed by atoms with Crippen molar-refractivity contribution in [2.45, 2.75) is 24.9 Å². The largest absolute Gasteiger partial charge is 0.477 e. The molecule has 0 saturated heterocycles. The minimum absolute atomic E-state index is 0.393. The summed E-state index contributed by atoms with van der Waals surface area (Å²) in [6, 6.07) is 27.4. The van der Waals surface area contributed by atoms with Gasteiger partial charge in [-0.1, -0.05) is 89.6 Å². The quantitative estimate of drug-likeness (QED) is 0.509. The number of ether oxygens (including phenoxy) is 1. The van der Waals surface area contributed by atoms with Gasteiger partial charge >= 0.3 is 0 Å². The molecular formula is C22H19BrO. The standard InChI is InChI=1S/C22H19BrO/c1-16-15-22(17-9-4-2-5-10-17,18-11-6-3-7-12-18)24-20-14-8-13-19(23)21(16)20/h2-14,16H,15H2,1H3. The summed E-state index contributed by atoms with van der Waals surface area (Å²) in [5.74, 6) is 1.36. The van der Waals surface area contributed by atoms with E-state index in [1.165, 1.54) is 16.7 Å². The van der Waals surface area contributed by atoms with Crippen molar-refractivity contribution < 1.29 is 4.74 Å². The molecule has 0 amide bonds. The van der Waals surface area contributed by atoms with Gasteiger partial charge in [-0.2, -0.15) is 0 Å². The zero-order chi connectivity index (χ0) is 16.6. The molecule has 1 atom stereocenters. The summed E-state index contributed by atoms with van der Waals surface area (Å²) >= 11 is 3.69. The third kappa shape index (κ3) is 2.46. The Hall–Kier alpha value is -2.06. The lowest BCUT2D eigenvalue weighted by Gasteiger charge is -2.42. The van der Waals surface area contributed by atoms with E-state index in [1.54, 1.807) is 0 Å². The fourth-order valence-electron chi connectivity index (χ4n) is 3.78. The maximum absolute atomic E-state index is 6.71. The van der Waals surface area contributed by atoms with Crippen LogP contribution in [-0.4, -0.2) is 0 Å². The summed E-state index contributed by atoms with van der Waals surface area (Å²) in [6.07, 6.45) is 0.913. The first-order valence-electron chi connectivity index (χ1n) is 8.29. The summed E-state index contributed by atoms with van der Waals surface area (Å²) in [5, 5.41) is 0. The molecule has 0 saturated carbocycles. The molecule has 0 radical (unpaired) electrons. The second kappa shape index (κ2) is 6.10. The summed E-state index contributed by atoms with van der Waals surface area (Å²) < 4.78 is 7.84. The van der Waals surface area contributed by atoms with Crippen molar-refractivity contribution >= 4 is 15.9 Å². The van der Waals surface area contributed by atoms with Gasteiger partial charge < -0.3 is 4.74 Å². The van der Waals surface area contributed by atoms with E-state index in [0.717, 1.165) is 16.6 Å². The van der Waals surface area contributed by atoms with E-state index in [1.807, 2.05) is 6.07 Å².